The van der Waals surface area contributed by atoms with Crippen molar-refractivity contribution >= 4 is 65.4 Å². The minimum atomic E-state index is -1.27. The molecule has 0 unspecified atom stereocenters. The molecule has 69 heavy (non-hydrogen) atoms. The number of benzene rings is 10. The lowest BCUT2D eigenvalue weighted by Gasteiger charge is -2.20. The van der Waals surface area contributed by atoms with E-state index in [1.165, 1.54) is 0 Å². The minimum absolute atomic E-state index is 0.580. The first-order valence-electron chi connectivity index (χ1n) is 38.8. The van der Waals surface area contributed by atoms with Crippen LogP contribution in [0.3, 0.4) is 0 Å². The number of hydrogen-bond acceptors (Lipinski definition) is 3. The summed E-state index contributed by atoms with van der Waals surface area (Å²) in [6.07, 6.45) is 0. The van der Waals surface area contributed by atoms with Crippen molar-refractivity contribution in [2.24, 2.45) is 0 Å². The molecule has 0 radical (unpaired) electrons. The van der Waals surface area contributed by atoms with E-state index in [1.807, 2.05) is 0 Å². The van der Waals surface area contributed by atoms with Gasteiger partial charge >= 0.3 is 0 Å². The maximum Gasteiger partial charge on any atom is 0.238 e. The smallest absolute Gasteiger partial charge is 0.238 e. The zero-order valence-corrected chi connectivity index (χ0v) is 34.4. The molecule has 0 amide bonds. The van der Waals surface area contributed by atoms with Gasteiger partial charge in [-0.25, -0.2) is 4.98 Å². The third-order valence-electron chi connectivity index (χ3n) is 11.1. The third kappa shape index (κ3) is 6.16. The van der Waals surface area contributed by atoms with Crippen LogP contribution in [0.2, 0.25) is 0 Å². The molecule has 14 rings (SSSR count). The molecule has 322 valence electrons. The Morgan fingerprint density at radius 2 is 0.609 bits per heavy atom. The van der Waals surface area contributed by atoms with E-state index in [4.69, 9.17) is 39.6 Å². The number of aromatic nitrogens is 6. The van der Waals surface area contributed by atoms with Gasteiger partial charge in [0.2, 0.25) is 5.95 Å². The fraction of sp³-hybridized carbons (Fsp3) is 0. The zero-order chi connectivity index (χ0) is 77.6. The predicted octanol–water partition coefficient (Wildman–Crippen LogP) is 15.8. The molecule has 0 fully saturated rings. The summed E-state index contributed by atoms with van der Waals surface area (Å²) in [5.74, 6) is -3.37. The molecule has 0 aliphatic heterocycles. The normalized spacial score (nSPS) is 19.3. The largest absolute Gasteiger partial charge is 0.308 e. The SMILES string of the molecule is [2H]c1c([2H])c([2H])c(-c2c([2H])c(-c3nc(-c4c(-n5c6c([2H])c([2H])c([2H])c([2H])c6c6c([2H])c([2H])c([2H])c([2H])c65)cccc4-n4c5c([2H])c([2H])c([2H])c([2H])c5c5c([2H])c([2H])c([2H])c([2H])c54)nc(-n4c5c([2H])c([2H])c([2H])c([2H])c5c5c([2H])c([2H])c([2H])c([2H])c54)n3)c([2H])c(-c3c([2H])c([2H])c([2H])c([2H])c3[2H])c2[2H])c([2H])c1[2H]. The fourth-order valence-corrected chi connectivity index (χ4v) is 8.34. The van der Waals surface area contributed by atoms with Crippen molar-refractivity contribution < 1.29 is 50.7 Å². The van der Waals surface area contributed by atoms with E-state index in [1.54, 1.807) is 0 Å². The molecule has 0 atom stereocenters. The van der Waals surface area contributed by atoms with Crippen LogP contribution < -0.4 is 0 Å². The van der Waals surface area contributed by atoms with Crippen LogP contribution in [0.4, 0.5) is 0 Å². The van der Waals surface area contributed by atoms with Crippen LogP contribution in [0.25, 0.3) is 128 Å². The Morgan fingerprint density at radius 1 is 0.290 bits per heavy atom. The monoisotopic (exact) mass is 918 g/mol. The van der Waals surface area contributed by atoms with E-state index >= 15 is 0 Å². The summed E-state index contributed by atoms with van der Waals surface area (Å²) in [5.41, 5.74) is -11.5. The Hall–Kier alpha value is -9.39. The number of fused-ring (bicyclic) bond motifs is 9. The molecule has 0 saturated heterocycles. The summed E-state index contributed by atoms with van der Waals surface area (Å²) in [5, 5.41) is -3.61. The highest BCUT2D eigenvalue weighted by atomic mass is 15.2. The van der Waals surface area contributed by atoms with Gasteiger partial charge in [0.05, 0.1) is 101 Å². The number of para-hydroxylation sites is 6. The van der Waals surface area contributed by atoms with Crippen LogP contribution in [0.1, 0.15) is 50.7 Å². The quantitative estimate of drug-likeness (QED) is 0.160. The highest BCUT2D eigenvalue weighted by molar-refractivity contribution is 6.12. The molecule has 0 bridgehead atoms. The second-order valence-corrected chi connectivity index (χ2v) is 14.8. The highest BCUT2D eigenvalue weighted by Gasteiger charge is 2.26. The summed E-state index contributed by atoms with van der Waals surface area (Å²) >= 11 is 0. The van der Waals surface area contributed by atoms with Gasteiger partial charge in [-0.2, -0.15) is 9.97 Å². The van der Waals surface area contributed by atoms with Crippen molar-refractivity contribution in [3.63, 3.8) is 0 Å². The van der Waals surface area contributed by atoms with Crippen LogP contribution in [-0.2, 0) is 0 Å². The van der Waals surface area contributed by atoms with Crippen molar-refractivity contribution in [1.82, 2.24) is 28.7 Å². The van der Waals surface area contributed by atoms with Gasteiger partial charge in [-0.05, 0) is 88.8 Å². The van der Waals surface area contributed by atoms with E-state index < -0.39 is 351 Å². The number of hydrogen-bond donors (Lipinski definition) is 0. The first-order chi connectivity index (χ1) is 49.6. The van der Waals surface area contributed by atoms with Crippen LogP contribution in [0.15, 0.2) is 242 Å². The van der Waals surface area contributed by atoms with Crippen molar-refractivity contribution in [2.75, 3.05) is 0 Å². The van der Waals surface area contributed by atoms with Gasteiger partial charge in [0, 0.05) is 37.9 Å². The maximum atomic E-state index is 10.3. The van der Waals surface area contributed by atoms with Gasteiger partial charge in [-0.1, -0.05) is 175 Å². The second-order valence-electron chi connectivity index (χ2n) is 14.8. The highest BCUT2D eigenvalue weighted by Crippen LogP contribution is 2.43. The molecule has 4 aromatic heterocycles. The van der Waals surface area contributed by atoms with E-state index in [0.717, 1.165) is 27.3 Å². The van der Waals surface area contributed by atoms with Crippen LogP contribution >= 0.6 is 0 Å². The lowest BCUT2D eigenvalue weighted by atomic mass is 9.96. The third-order valence-corrected chi connectivity index (χ3v) is 11.1. The molecule has 4 heterocycles. The van der Waals surface area contributed by atoms with Crippen molar-refractivity contribution in [2.45, 2.75) is 0 Å². The van der Waals surface area contributed by atoms with E-state index in [0.29, 0.717) is 4.57 Å². The Labute approximate surface area is 449 Å². The van der Waals surface area contributed by atoms with Gasteiger partial charge in [0.1, 0.15) is 0 Å². The summed E-state index contributed by atoms with van der Waals surface area (Å²) in [6.45, 7) is 0. The van der Waals surface area contributed by atoms with Gasteiger partial charge in [0.15, 0.2) is 11.6 Å². The lowest BCUT2D eigenvalue weighted by Crippen LogP contribution is -2.10. The number of nitrogens with zero attached hydrogens (tertiary/aromatic N) is 6. The molecule has 0 spiro atoms. The first kappa shape index (κ1) is 17.0. The van der Waals surface area contributed by atoms with Gasteiger partial charge in [-0.15, -0.1) is 0 Å². The Kier molecular flexibility index (Phi) is 3.86. The molecule has 14 aromatic rings. The van der Waals surface area contributed by atoms with Crippen LogP contribution in [0.5, 0.6) is 0 Å². The molecule has 0 aliphatic carbocycles. The first-order valence-corrected chi connectivity index (χ1v) is 20.3. The molecule has 10 aromatic carbocycles. The Bertz CT molecular complexity index is 5990. The van der Waals surface area contributed by atoms with E-state index in [2.05, 4.69) is 0 Å². The van der Waals surface area contributed by atoms with Gasteiger partial charge < -0.3 is 9.13 Å². The predicted molar refractivity (Wildman–Crippen MR) is 285 cm³/mol. The standard InChI is InChI=1S/C63H40N6/c1-3-20-41(21-4-1)43-38-44(42-22-5-2-6-23-42)40-45(39-43)61-64-62(66-63(65-61)69-56-34-17-11-28-50(56)51-29-12-18-35-57(51)69)60-58(67-52-30-13-7-24-46(52)47-25-8-14-31-53(47)67)36-19-37-59(60)68-54-32-15-9-26-48(54)49-27-10-16-33-55(49)68/h1-40H/i1D,2D,3D,4D,5D,6D,7D,8D,9D,10D,11D,12D,13D,14D,15D,16D,17D,18D,20D,21D,22D,23D,24D,25D,26D,27D,28D,29D,30D,31D,32D,33D,34D,35D,38D,39D,40D. The second kappa shape index (κ2) is 15.6. The summed E-state index contributed by atoms with van der Waals surface area (Å²) in [4.78, 5) is 14.5. The summed E-state index contributed by atoms with van der Waals surface area (Å²) < 4.78 is 344. The van der Waals surface area contributed by atoms with Crippen molar-refractivity contribution in [1.29, 1.82) is 0 Å². The zero-order valence-electron chi connectivity index (χ0n) is 71.4. The Balaban J connectivity index is 1.33. The Morgan fingerprint density at radius 3 is 1.00 bits per heavy atom. The van der Waals surface area contributed by atoms with Crippen molar-refractivity contribution in [3.8, 4) is 62.4 Å². The van der Waals surface area contributed by atoms with Gasteiger partial charge in [0.25, 0.3) is 0 Å². The molecule has 0 saturated carbocycles. The summed E-state index contributed by atoms with van der Waals surface area (Å²) in [7, 11) is 0. The summed E-state index contributed by atoms with van der Waals surface area (Å²) in [6, 6.07) is -34.1. The minimum Gasteiger partial charge on any atom is -0.308 e. The average molecular weight is 918 g/mol. The van der Waals surface area contributed by atoms with Gasteiger partial charge in [-0.3, -0.25) is 4.57 Å². The van der Waals surface area contributed by atoms with E-state index in [-0.39, 0.29) is 0 Å². The molecular formula is C63H40N6. The van der Waals surface area contributed by atoms with Crippen molar-refractivity contribution in [3.05, 3.63) is 242 Å². The molecule has 6 nitrogen and oxygen atoms in total. The number of rotatable bonds is 7. The lowest BCUT2D eigenvalue weighted by molar-refractivity contribution is 0.949. The fourth-order valence-electron chi connectivity index (χ4n) is 8.34. The van der Waals surface area contributed by atoms with E-state index in [9.17, 15) is 26.0 Å². The van der Waals surface area contributed by atoms with Crippen LogP contribution in [-0.4, -0.2) is 28.7 Å². The molecule has 0 N–H and O–H groups in total. The average Bonchev–Trinajstić information content (AvgIpc) is 1.52. The van der Waals surface area contributed by atoms with Crippen LogP contribution in [0, 0.1) is 0 Å². The maximum absolute atomic E-state index is 10.3. The topological polar surface area (TPSA) is 53.5 Å². The molecular weight excluding hydrogens is 841 g/mol. The molecule has 6 heteroatoms. The molecule has 0 aliphatic rings.